The summed E-state index contributed by atoms with van der Waals surface area (Å²) in [5.74, 6) is -0.142. The number of carbonyl (C=O) groups excluding carboxylic acids is 2. The molecule has 0 spiro atoms. The summed E-state index contributed by atoms with van der Waals surface area (Å²) in [5.41, 5.74) is 12.1. The molecule has 5 N–H and O–H groups in total. The van der Waals surface area contributed by atoms with Crippen LogP contribution in [0.1, 0.15) is 18.0 Å². The molecule has 29 heavy (non-hydrogen) atoms. The smallest absolute Gasteiger partial charge is 0.258 e. The highest BCUT2D eigenvalue weighted by molar-refractivity contribution is 7.71. The highest BCUT2D eigenvalue weighted by atomic mass is 32.1. The summed E-state index contributed by atoms with van der Waals surface area (Å²) < 4.78 is 1.92. The van der Waals surface area contributed by atoms with Crippen LogP contribution in [0.25, 0.3) is 10.7 Å². The minimum atomic E-state index is -0.460. The molecular weight excluding hydrogens is 410 g/mol. The summed E-state index contributed by atoms with van der Waals surface area (Å²) in [5, 5.41) is 8.79. The highest BCUT2D eigenvalue weighted by Gasteiger charge is 2.30. The van der Waals surface area contributed by atoms with Crippen LogP contribution in [0.3, 0.4) is 0 Å². The van der Waals surface area contributed by atoms with Gasteiger partial charge in [-0.05, 0) is 35.6 Å². The van der Waals surface area contributed by atoms with Crippen LogP contribution in [0.2, 0.25) is 0 Å². The molecule has 3 heterocycles. The average Bonchev–Trinajstić information content (AvgIpc) is 3.49. The lowest BCUT2D eigenvalue weighted by molar-refractivity contribution is -0.130. The van der Waals surface area contributed by atoms with Gasteiger partial charge in [0.25, 0.3) is 11.8 Å². The standard InChI is InChI=1S/C18H19N7O2S2/c26-15(10-25-16(22-24-18(25)28)14-7-4-8-29-14)21-23-17(27)13-9-12(19-20-13)11-5-2-1-3-6-11/h1-8,12-13,19-20H,9-10H2,(H,21,26)(H,23,27)(H,24,28). The van der Waals surface area contributed by atoms with Gasteiger partial charge in [-0.15, -0.1) is 11.3 Å². The highest BCUT2D eigenvalue weighted by Crippen LogP contribution is 2.23. The number of hydrogen-bond donors (Lipinski definition) is 5. The maximum Gasteiger partial charge on any atom is 0.258 e. The zero-order valence-corrected chi connectivity index (χ0v) is 16.8. The van der Waals surface area contributed by atoms with E-state index in [1.807, 2.05) is 47.8 Å². The van der Waals surface area contributed by atoms with Gasteiger partial charge in [0, 0.05) is 6.04 Å². The molecule has 11 heteroatoms. The molecule has 3 aromatic rings. The quantitative estimate of drug-likeness (QED) is 0.310. The summed E-state index contributed by atoms with van der Waals surface area (Å²) in [6.45, 7) is -0.0637. The van der Waals surface area contributed by atoms with Crippen LogP contribution in [0.15, 0.2) is 47.8 Å². The molecule has 0 radical (unpaired) electrons. The summed E-state index contributed by atoms with van der Waals surface area (Å²) in [6.07, 6.45) is 0.570. The van der Waals surface area contributed by atoms with Gasteiger partial charge in [-0.2, -0.15) is 5.10 Å². The van der Waals surface area contributed by atoms with E-state index in [-0.39, 0.29) is 18.5 Å². The predicted molar refractivity (Wildman–Crippen MR) is 111 cm³/mol. The summed E-state index contributed by atoms with van der Waals surface area (Å²) in [4.78, 5) is 25.6. The van der Waals surface area contributed by atoms with Crippen molar-refractivity contribution in [1.82, 2.24) is 36.5 Å². The number of hydrazine groups is 2. The molecule has 1 aromatic carbocycles. The zero-order chi connectivity index (χ0) is 20.2. The third-order valence-electron chi connectivity index (χ3n) is 4.55. The molecule has 2 amide bonds. The van der Waals surface area contributed by atoms with Crippen molar-refractivity contribution in [3.8, 4) is 10.7 Å². The van der Waals surface area contributed by atoms with E-state index in [9.17, 15) is 9.59 Å². The largest absolute Gasteiger partial charge is 0.290 e. The van der Waals surface area contributed by atoms with E-state index in [0.29, 0.717) is 17.0 Å². The van der Waals surface area contributed by atoms with E-state index < -0.39 is 11.9 Å². The van der Waals surface area contributed by atoms with Crippen molar-refractivity contribution >= 4 is 35.4 Å². The van der Waals surface area contributed by atoms with E-state index >= 15 is 0 Å². The maximum absolute atomic E-state index is 12.4. The Morgan fingerprint density at radius 2 is 2.00 bits per heavy atom. The third-order valence-corrected chi connectivity index (χ3v) is 5.73. The van der Waals surface area contributed by atoms with Crippen molar-refractivity contribution in [2.24, 2.45) is 0 Å². The topological polar surface area (TPSA) is 116 Å². The van der Waals surface area contributed by atoms with Gasteiger partial charge >= 0.3 is 0 Å². The maximum atomic E-state index is 12.4. The Kier molecular flexibility index (Phi) is 5.81. The average molecular weight is 430 g/mol. The fourth-order valence-electron chi connectivity index (χ4n) is 3.09. The Labute approximate surface area is 175 Å². The number of aromatic nitrogens is 3. The first-order valence-corrected chi connectivity index (χ1v) is 10.2. The van der Waals surface area contributed by atoms with E-state index in [0.717, 1.165) is 10.4 Å². The molecule has 150 valence electrons. The second kappa shape index (κ2) is 8.66. The van der Waals surface area contributed by atoms with Crippen molar-refractivity contribution in [1.29, 1.82) is 0 Å². The van der Waals surface area contributed by atoms with Gasteiger partial charge in [0.2, 0.25) is 0 Å². The molecule has 0 bridgehead atoms. The SMILES string of the molecule is O=C(Cn1c(-c2cccs2)n[nH]c1=S)NNC(=O)C1CC(c2ccccc2)NN1. The van der Waals surface area contributed by atoms with Crippen molar-refractivity contribution in [2.45, 2.75) is 25.0 Å². The van der Waals surface area contributed by atoms with Crippen molar-refractivity contribution in [3.63, 3.8) is 0 Å². The number of amides is 2. The molecule has 1 aliphatic heterocycles. The van der Waals surface area contributed by atoms with Gasteiger partial charge in [0.15, 0.2) is 10.6 Å². The molecule has 1 saturated heterocycles. The van der Waals surface area contributed by atoms with Gasteiger partial charge < -0.3 is 0 Å². The first-order valence-electron chi connectivity index (χ1n) is 8.95. The lowest BCUT2D eigenvalue weighted by atomic mass is 10.0. The second-order valence-corrected chi connectivity index (χ2v) is 7.83. The van der Waals surface area contributed by atoms with Crippen LogP contribution in [0.5, 0.6) is 0 Å². The van der Waals surface area contributed by atoms with Crippen LogP contribution >= 0.6 is 23.6 Å². The normalized spacial score (nSPS) is 18.5. The molecule has 2 atom stereocenters. The lowest BCUT2D eigenvalue weighted by Crippen LogP contribution is -2.50. The van der Waals surface area contributed by atoms with Crippen LogP contribution in [0.4, 0.5) is 0 Å². The van der Waals surface area contributed by atoms with Crippen molar-refractivity contribution in [3.05, 3.63) is 58.2 Å². The number of nitrogens with zero attached hydrogens (tertiary/aromatic N) is 2. The van der Waals surface area contributed by atoms with Gasteiger partial charge in [-0.3, -0.25) is 30.1 Å². The number of H-pyrrole nitrogens is 1. The first-order chi connectivity index (χ1) is 14.1. The Hall–Kier alpha value is -2.86. The predicted octanol–water partition coefficient (Wildman–Crippen LogP) is 1.42. The fraction of sp³-hybridized carbons (Fsp3) is 0.222. The number of nitrogens with one attached hydrogen (secondary N) is 5. The molecule has 9 nitrogen and oxygen atoms in total. The number of benzene rings is 1. The minimum absolute atomic E-state index is 0.0280. The molecule has 1 fully saturated rings. The third kappa shape index (κ3) is 4.43. The van der Waals surface area contributed by atoms with E-state index in [1.54, 1.807) is 4.57 Å². The molecule has 0 aliphatic carbocycles. The Balaban J connectivity index is 1.31. The van der Waals surface area contributed by atoms with Crippen LogP contribution < -0.4 is 21.7 Å². The second-order valence-electron chi connectivity index (χ2n) is 6.49. The van der Waals surface area contributed by atoms with E-state index in [4.69, 9.17) is 12.2 Å². The van der Waals surface area contributed by atoms with Crippen LogP contribution in [-0.4, -0.2) is 32.6 Å². The Bertz CT molecular complexity index is 1050. The minimum Gasteiger partial charge on any atom is -0.290 e. The van der Waals surface area contributed by atoms with Crippen LogP contribution in [0, 0.1) is 4.77 Å². The summed E-state index contributed by atoms with van der Waals surface area (Å²) in [6, 6.07) is 13.2. The molecular formula is C18H19N7O2S2. The van der Waals surface area contributed by atoms with Crippen molar-refractivity contribution in [2.75, 3.05) is 0 Å². The summed E-state index contributed by atoms with van der Waals surface area (Å²) >= 11 is 6.71. The Morgan fingerprint density at radius 1 is 1.17 bits per heavy atom. The number of thiophene rings is 1. The Morgan fingerprint density at radius 3 is 2.76 bits per heavy atom. The van der Waals surface area contributed by atoms with Gasteiger partial charge in [-0.25, -0.2) is 10.9 Å². The number of hydrogen-bond acceptors (Lipinski definition) is 7. The van der Waals surface area contributed by atoms with Gasteiger partial charge in [0.05, 0.1) is 4.88 Å². The fourth-order valence-corrected chi connectivity index (χ4v) is 4.01. The van der Waals surface area contributed by atoms with Crippen molar-refractivity contribution < 1.29 is 9.59 Å². The monoisotopic (exact) mass is 429 g/mol. The zero-order valence-electron chi connectivity index (χ0n) is 15.2. The van der Waals surface area contributed by atoms with E-state index in [2.05, 4.69) is 31.9 Å². The molecule has 2 unspecified atom stereocenters. The van der Waals surface area contributed by atoms with Crippen LogP contribution in [-0.2, 0) is 16.1 Å². The molecule has 0 saturated carbocycles. The summed E-state index contributed by atoms with van der Waals surface area (Å²) in [7, 11) is 0. The lowest BCUT2D eigenvalue weighted by Gasteiger charge is -2.12. The number of carbonyl (C=O) groups is 2. The number of rotatable bonds is 5. The molecule has 4 rings (SSSR count). The van der Waals surface area contributed by atoms with Gasteiger partial charge in [-0.1, -0.05) is 36.4 Å². The number of aromatic amines is 1. The molecule has 1 aliphatic rings. The van der Waals surface area contributed by atoms with E-state index in [1.165, 1.54) is 11.3 Å². The first kappa shape index (κ1) is 19.5. The van der Waals surface area contributed by atoms with Gasteiger partial charge in [0.1, 0.15) is 12.6 Å². The molecule has 2 aromatic heterocycles.